The Morgan fingerprint density at radius 2 is 2.50 bits per heavy atom. The Balaban J connectivity index is 2.57. The van der Waals surface area contributed by atoms with Crippen LogP contribution in [0, 0.1) is 0 Å². The van der Waals surface area contributed by atoms with Gasteiger partial charge in [0.05, 0.1) is 6.61 Å². The highest BCUT2D eigenvalue weighted by Gasteiger charge is 2.46. The van der Waals surface area contributed by atoms with E-state index in [9.17, 15) is 4.79 Å². The number of carbonyl (C=O) groups excluding carboxylic acids is 1. The SMILES string of the molecule is C=CCOC1(C)OC(=O)OC1C. The van der Waals surface area contributed by atoms with Gasteiger partial charge >= 0.3 is 6.16 Å². The average Bonchev–Trinajstić information content (AvgIpc) is 2.23. The molecular formula is C8H12O4. The molecular weight excluding hydrogens is 160 g/mol. The van der Waals surface area contributed by atoms with Crippen LogP contribution in [0.1, 0.15) is 13.8 Å². The molecule has 1 aliphatic rings. The van der Waals surface area contributed by atoms with Crippen molar-refractivity contribution in [2.24, 2.45) is 0 Å². The van der Waals surface area contributed by atoms with Gasteiger partial charge in [0, 0.05) is 6.92 Å². The summed E-state index contributed by atoms with van der Waals surface area (Å²) in [4.78, 5) is 10.7. The molecule has 1 fully saturated rings. The zero-order valence-corrected chi connectivity index (χ0v) is 7.20. The maximum Gasteiger partial charge on any atom is 0.511 e. The minimum absolute atomic E-state index is 0.331. The molecule has 0 saturated carbocycles. The van der Waals surface area contributed by atoms with E-state index in [1.54, 1.807) is 19.9 Å². The lowest BCUT2D eigenvalue weighted by Crippen LogP contribution is -2.37. The minimum atomic E-state index is -0.967. The Bertz CT molecular complexity index is 201. The summed E-state index contributed by atoms with van der Waals surface area (Å²) in [5.74, 6) is -0.967. The van der Waals surface area contributed by atoms with Gasteiger partial charge in [0.1, 0.15) is 0 Å². The second-order valence-corrected chi connectivity index (χ2v) is 2.73. The van der Waals surface area contributed by atoms with E-state index in [0.29, 0.717) is 6.61 Å². The molecule has 68 valence electrons. The van der Waals surface area contributed by atoms with Crippen molar-refractivity contribution in [3.05, 3.63) is 12.7 Å². The summed E-state index contributed by atoms with van der Waals surface area (Å²) in [6.45, 7) is 7.20. The first-order chi connectivity index (χ1) is 5.58. The molecule has 0 aromatic carbocycles. The van der Waals surface area contributed by atoms with Gasteiger partial charge in [-0.1, -0.05) is 6.08 Å². The van der Waals surface area contributed by atoms with Gasteiger partial charge in [-0.3, -0.25) is 0 Å². The van der Waals surface area contributed by atoms with Crippen molar-refractivity contribution in [3.8, 4) is 0 Å². The van der Waals surface area contributed by atoms with Gasteiger partial charge < -0.3 is 14.2 Å². The number of rotatable bonds is 3. The zero-order valence-electron chi connectivity index (χ0n) is 7.20. The van der Waals surface area contributed by atoms with Crippen LogP contribution in [0.5, 0.6) is 0 Å². The molecule has 4 nitrogen and oxygen atoms in total. The first-order valence-corrected chi connectivity index (χ1v) is 3.73. The van der Waals surface area contributed by atoms with E-state index in [2.05, 4.69) is 6.58 Å². The third-order valence-corrected chi connectivity index (χ3v) is 1.79. The molecule has 0 aliphatic carbocycles. The molecule has 4 heteroatoms. The fourth-order valence-electron chi connectivity index (χ4n) is 0.895. The van der Waals surface area contributed by atoms with Crippen LogP contribution in [-0.4, -0.2) is 24.7 Å². The third-order valence-electron chi connectivity index (χ3n) is 1.79. The van der Waals surface area contributed by atoms with Crippen molar-refractivity contribution < 1.29 is 19.0 Å². The quantitative estimate of drug-likeness (QED) is 0.477. The zero-order chi connectivity index (χ0) is 9.19. The van der Waals surface area contributed by atoms with Crippen LogP contribution in [-0.2, 0) is 14.2 Å². The highest BCUT2D eigenvalue weighted by molar-refractivity contribution is 5.62. The van der Waals surface area contributed by atoms with Crippen molar-refractivity contribution in [2.75, 3.05) is 6.61 Å². The maximum atomic E-state index is 10.7. The molecule has 0 amide bonds. The largest absolute Gasteiger partial charge is 0.511 e. The number of cyclic esters (lactones) is 2. The summed E-state index contributed by atoms with van der Waals surface area (Å²) in [6, 6.07) is 0. The normalized spacial score (nSPS) is 34.2. The summed E-state index contributed by atoms with van der Waals surface area (Å²) in [5, 5.41) is 0. The average molecular weight is 172 g/mol. The van der Waals surface area contributed by atoms with E-state index >= 15 is 0 Å². The maximum absolute atomic E-state index is 10.7. The van der Waals surface area contributed by atoms with E-state index in [-0.39, 0.29) is 6.10 Å². The number of hydrogen-bond acceptors (Lipinski definition) is 4. The van der Waals surface area contributed by atoms with Gasteiger partial charge in [-0.2, -0.15) is 0 Å². The summed E-state index contributed by atoms with van der Waals surface area (Å²) < 4.78 is 14.8. The van der Waals surface area contributed by atoms with Crippen LogP contribution in [0.3, 0.4) is 0 Å². The molecule has 1 aliphatic heterocycles. The fraction of sp³-hybridized carbons (Fsp3) is 0.625. The number of carbonyl (C=O) groups is 1. The lowest BCUT2D eigenvalue weighted by Gasteiger charge is -2.23. The van der Waals surface area contributed by atoms with Crippen LogP contribution < -0.4 is 0 Å². The number of hydrogen-bond donors (Lipinski definition) is 0. The topological polar surface area (TPSA) is 44.8 Å². The second kappa shape index (κ2) is 3.15. The Labute approximate surface area is 71.1 Å². The van der Waals surface area contributed by atoms with Crippen molar-refractivity contribution in [1.29, 1.82) is 0 Å². The van der Waals surface area contributed by atoms with Gasteiger partial charge in [-0.15, -0.1) is 6.58 Å². The standard InChI is InChI=1S/C8H12O4/c1-4-5-10-8(3)6(2)11-7(9)12-8/h4,6H,1,5H2,2-3H3. The van der Waals surface area contributed by atoms with Gasteiger partial charge in [0.15, 0.2) is 6.10 Å². The minimum Gasteiger partial charge on any atom is -0.424 e. The lowest BCUT2D eigenvalue weighted by atomic mass is 10.2. The Morgan fingerprint density at radius 3 is 2.92 bits per heavy atom. The molecule has 0 spiro atoms. The highest BCUT2D eigenvalue weighted by Crippen LogP contribution is 2.27. The third kappa shape index (κ3) is 1.58. The molecule has 0 aromatic heterocycles. The first-order valence-electron chi connectivity index (χ1n) is 3.73. The van der Waals surface area contributed by atoms with Crippen molar-refractivity contribution in [3.63, 3.8) is 0 Å². The summed E-state index contributed by atoms with van der Waals surface area (Å²) in [5.41, 5.74) is 0. The molecule has 2 atom stereocenters. The van der Waals surface area contributed by atoms with E-state index in [1.807, 2.05) is 0 Å². The van der Waals surface area contributed by atoms with Gasteiger partial charge in [-0.05, 0) is 6.92 Å². The Hall–Kier alpha value is -1.03. The van der Waals surface area contributed by atoms with E-state index < -0.39 is 11.9 Å². The summed E-state index contributed by atoms with van der Waals surface area (Å²) in [6.07, 6.45) is 0.517. The van der Waals surface area contributed by atoms with Crippen LogP contribution in [0.15, 0.2) is 12.7 Å². The number of ether oxygens (including phenoxy) is 3. The monoisotopic (exact) mass is 172 g/mol. The molecule has 0 N–H and O–H groups in total. The van der Waals surface area contributed by atoms with Crippen molar-refractivity contribution >= 4 is 6.16 Å². The summed E-state index contributed by atoms with van der Waals surface area (Å²) >= 11 is 0. The Morgan fingerprint density at radius 1 is 1.83 bits per heavy atom. The molecule has 0 aromatic rings. The van der Waals surface area contributed by atoms with Gasteiger partial charge in [-0.25, -0.2) is 4.79 Å². The predicted octanol–water partition coefficient (Wildman–Crippen LogP) is 1.46. The molecule has 0 bridgehead atoms. The van der Waals surface area contributed by atoms with Crippen molar-refractivity contribution in [2.45, 2.75) is 25.7 Å². The van der Waals surface area contributed by atoms with Crippen LogP contribution >= 0.6 is 0 Å². The van der Waals surface area contributed by atoms with Gasteiger partial charge in [0.25, 0.3) is 5.79 Å². The molecule has 1 saturated heterocycles. The van der Waals surface area contributed by atoms with E-state index in [0.717, 1.165) is 0 Å². The molecule has 2 unspecified atom stereocenters. The van der Waals surface area contributed by atoms with Crippen molar-refractivity contribution in [1.82, 2.24) is 0 Å². The smallest absolute Gasteiger partial charge is 0.424 e. The first kappa shape index (κ1) is 9.06. The second-order valence-electron chi connectivity index (χ2n) is 2.73. The fourth-order valence-corrected chi connectivity index (χ4v) is 0.895. The molecule has 1 rings (SSSR count). The van der Waals surface area contributed by atoms with Crippen LogP contribution in [0.2, 0.25) is 0 Å². The summed E-state index contributed by atoms with van der Waals surface area (Å²) in [7, 11) is 0. The highest BCUT2D eigenvalue weighted by atomic mass is 16.8. The molecule has 0 radical (unpaired) electrons. The van der Waals surface area contributed by atoms with E-state index in [4.69, 9.17) is 14.2 Å². The van der Waals surface area contributed by atoms with E-state index in [1.165, 1.54) is 0 Å². The van der Waals surface area contributed by atoms with Crippen LogP contribution in [0.25, 0.3) is 0 Å². The van der Waals surface area contributed by atoms with Crippen LogP contribution in [0.4, 0.5) is 4.79 Å². The van der Waals surface area contributed by atoms with Gasteiger partial charge in [0.2, 0.25) is 0 Å². The molecule has 1 heterocycles. The Kier molecular flexibility index (Phi) is 2.38. The molecule has 12 heavy (non-hydrogen) atoms. The predicted molar refractivity (Wildman–Crippen MR) is 41.6 cm³/mol. The lowest BCUT2D eigenvalue weighted by molar-refractivity contribution is -0.178.